The average Bonchev–Trinajstić information content (AvgIpc) is 2.59. The van der Waals surface area contributed by atoms with Gasteiger partial charge in [0.15, 0.2) is 0 Å². The summed E-state index contributed by atoms with van der Waals surface area (Å²) in [7, 11) is 0. The number of pyridine rings is 1. The van der Waals surface area contributed by atoms with Gasteiger partial charge in [0.05, 0.1) is 17.4 Å². The van der Waals surface area contributed by atoms with Gasteiger partial charge < -0.3 is 0 Å². The Bertz CT molecular complexity index is 469. The maximum absolute atomic E-state index is 4.43. The molecule has 0 unspecified atom stereocenters. The zero-order chi connectivity index (χ0) is 11.0. The van der Waals surface area contributed by atoms with Gasteiger partial charge in [0, 0.05) is 17.6 Å². The first kappa shape index (κ1) is 10.1. The normalized spacial score (nSPS) is 11.9. The number of hydrogen-bond donors (Lipinski definition) is 0. The van der Waals surface area contributed by atoms with Gasteiger partial charge in [-0.1, -0.05) is 13.8 Å². The lowest BCUT2D eigenvalue weighted by Crippen LogP contribution is -2.02. The fourth-order valence-corrected chi connectivity index (χ4v) is 1.86. The predicted octanol–water partition coefficient (Wildman–Crippen LogP) is 3.14. The molecule has 0 N–H and O–H groups in total. The molecule has 80 valence electrons. The third-order valence-electron chi connectivity index (χ3n) is 2.59. The van der Waals surface area contributed by atoms with E-state index < -0.39 is 0 Å². The van der Waals surface area contributed by atoms with E-state index in [4.69, 9.17) is 0 Å². The van der Waals surface area contributed by atoms with E-state index in [1.54, 1.807) is 0 Å². The highest BCUT2D eigenvalue weighted by Crippen LogP contribution is 2.24. The highest BCUT2D eigenvalue weighted by Gasteiger charge is 2.11. The molecule has 0 radical (unpaired) electrons. The minimum atomic E-state index is 0.393. The maximum Gasteiger partial charge on any atom is 0.0719 e. The highest BCUT2D eigenvalue weighted by atomic mass is 15.3. The highest BCUT2D eigenvalue weighted by molar-refractivity contribution is 5.81. The Morgan fingerprint density at radius 3 is 2.53 bits per heavy atom. The predicted molar refractivity (Wildman–Crippen MR) is 62.0 cm³/mol. The molecule has 2 rings (SSSR count). The Balaban J connectivity index is 2.69. The van der Waals surface area contributed by atoms with E-state index in [1.165, 1.54) is 10.9 Å². The lowest BCUT2D eigenvalue weighted by molar-refractivity contribution is 0.551. The quantitative estimate of drug-likeness (QED) is 0.750. The summed E-state index contributed by atoms with van der Waals surface area (Å²) in [6.45, 7) is 8.60. The number of hydrogen-bond acceptors (Lipinski definition) is 2. The van der Waals surface area contributed by atoms with Gasteiger partial charge >= 0.3 is 0 Å². The van der Waals surface area contributed by atoms with Crippen LogP contribution in [0.3, 0.4) is 0 Å². The Morgan fingerprint density at radius 2 is 1.93 bits per heavy atom. The summed E-state index contributed by atoms with van der Waals surface area (Å²) in [5.74, 6) is 0.443. The second-order valence-corrected chi connectivity index (χ2v) is 4.47. The third kappa shape index (κ3) is 1.62. The fraction of sp³-hybridized carbons (Fsp3) is 0.500. The Morgan fingerprint density at radius 1 is 1.20 bits per heavy atom. The van der Waals surface area contributed by atoms with E-state index in [1.807, 2.05) is 23.1 Å². The van der Waals surface area contributed by atoms with Crippen LogP contribution in [-0.2, 0) is 0 Å². The van der Waals surface area contributed by atoms with Crippen molar-refractivity contribution in [2.75, 3.05) is 0 Å². The second kappa shape index (κ2) is 3.65. The number of aromatic nitrogens is 3. The second-order valence-electron chi connectivity index (χ2n) is 4.47. The molecular formula is C12H17N3. The van der Waals surface area contributed by atoms with Crippen molar-refractivity contribution < 1.29 is 0 Å². The molecule has 0 aliphatic rings. The summed E-state index contributed by atoms with van der Waals surface area (Å²) in [6, 6.07) is 2.43. The molecule has 3 nitrogen and oxygen atoms in total. The summed E-state index contributed by atoms with van der Waals surface area (Å²) in [6.07, 6.45) is 3.80. The Labute approximate surface area is 90.1 Å². The first-order chi connectivity index (χ1) is 7.11. The molecule has 0 aromatic carbocycles. The molecule has 0 saturated heterocycles. The molecule has 2 aromatic rings. The standard InChI is InChI=1S/C12H17N3/c1-8(2)12-10-7-14-15(9(3)4)11(10)5-6-13-12/h5-9H,1-4H3. The van der Waals surface area contributed by atoms with Crippen LogP contribution in [0.4, 0.5) is 0 Å². The van der Waals surface area contributed by atoms with Crippen molar-refractivity contribution >= 4 is 10.9 Å². The van der Waals surface area contributed by atoms with E-state index in [2.05, 4.69) is 37.8 Å². The lowest BCUT2D eigenvalue weighted by atomic mass is 10.1. The SMILES string of the molecule is CC(C)c1nccc2c1cnn2C(C)C. The minimum absolute atomic E-state index is 0.393. The van der Waals surface area contributed by atoms with Crippen LogP contribution >= 0.6 is 0 Å². The monoisotopic (exact) mass is 203 g/mol. The van der Waals surface area contributed by atoms with Crippen LogP contribution < -0.4 is 0 Å². The minimum Gasteiger partial charge on any atom is -0.262 e. The molecule has 0 spiro atoms. The first-order valence-corrected chi connectivity index (χ1v) is 5.43. The average molecular weight is 203 g/mol. The largest absolute Gasteiger partial charge is 0.262 e. The molecule has 15 heavy (non-hydrogen) atoms. The van der Waals surface area contributed by atoms with Crippen LogP contribution in [0.15, 0.2) is 18.5 Å². The molecule has 0 saturated carbocycles. The van der Waals surface area contributed by atoms with Crippen LogP contribution in [-0.4, -0.2) is 14.8 Å². The topological polar surface area (TPSA) is 30.7 Å². The van der Waals surface area contributed by atoms with Gasteiger partial charge in [0.2, 0.25) is 0 Å². The smallest absolute Gasteiger partial charge is 0.0719 e. The zero-order valence-electron chi connectivity index (χ0n) is 9.73. The molecule has 2 heterocycles. The summed E-state index contributed by atoms with van der Waals surface area (Å²) in [4.78, 5) is 4.43. The van der Waals surface area contributed by atoms with E-state index in [0.29, 0.717) is 12.0 Å². The van der Waals surface area contributed by atoms with E-state index in [9.17, 15) is 0 Å². The molecule has 0 amide bonds. The molecule has 0 aliphatic carbocycles. The first-order valence-electron chi connectivity index (χ1n) is 5.43. The zero-order valence-corrected chi connectivity index (χ0v) is 9.73. The van der Waals surface area contributed by atoms with E-state index in [0.717, 1.165) is 5.69 Å². The van der Waals surface area contributed by atoms with Crippen molar-refractivity contribution in [1.29, 1.82) is 0 Å². The number of rotatable bonds is 2. The maximum atomic E-state index is 4.43. The van der Waals surface area contributed by atoms with E-state index >= 15 is 0 Å². The van der Waals surface area contributed by atoms with Crippen LogP contribution in [0, 0.1) is 0 Å². The van der Waals surface area contributed by atoms with Gasteiger partial charge in [-0.3, -0.25) is 9.67 Å². The molecule has 0 atom stereocenters. The van der Waals surface area contributed by atoms with Crippen molar-refractivity contribution in [3.63, 3.8) is 0 Å². The third-order valence-corrected chi connectivity index (χ3v) is 2.59. The molecular weight excluding hydrogens is 186 g/mol. The summed E-state index contributed by atoms with van der Waals surface area (Å²) >= 11 is 0. The summed E-state index contributed by atoms with van der Waals surface area (Å²) < 4.78 is 2.04. The molecule has 0 aliphatic heterocycles. The van der Waals surface area contributed by atoms with Crippen LogP contribution in [0.25, 0.3) is 10.9 Å². The van der Waals surface area contributed by atoms with Crippen molar-refractivity contribution in [3.05, 3.63) is 24.2 Å². The van der Waals surface area contributed by atoms with Gasteiger partial charge in [0.1, 0.15) is 0 Å². The molecule has 2 aromatic heterocycles. The van der Waals surface area contributed by atoms with Gasteiger partial charge in [-0.25, -0.2) is 0 Å². The Hall–Kier alpha value is -1.38. The number of fused-ring (bicyclic) bond motifs is 1. The van der Waals surface area contributed by atoms with Gasteiger partial charge in [0.25, 0.3) is 0 Å². The molecule has 0 bridgehead atoms. The molecule has 3 heteroatoms. The van der Waals surface area contributed by atoms with Crippen molar-refractivity contribution in [1.82, 2.24) is 14.8 Å². The van der Waals surface area contributed by atoms with Crippen molar-refractivity contribution in [3.8, 4) is 0 Å². The summed E-state index contributed by atoms with van der Waals surface area (Å²) in [5, 5.41) is 5.60. The van der Waals surface area contributed by atoms with Crippen LogP contribution in [0.2, 0.25) is 0 Å². The number of nitrogens with zero attached hydrogens (tertiary/aromatic N) is 3. The van der Waals surface area contributed by atoms with Crippen molar-refractivity contribution in [2.24, 2.45) is 0 Å². The van der Waals surface area contributed by atoms with Crippen LogP contribution in [0.5, 0.6) is 0 Å². The molecule has 0 fully saturated rings. The summed E-state index contributed by atoms with van der Waals surface area (Å²) in [5.41, 5.74) is 2.32. The van der Waals surface area contributed by atoms with Crippen molar-refractivity contribution in [2.45, 2.75) is 39.7 Å². The Kier molecular flexibility index (Phi) is 2.47. The van der Waals surface area contributed by atoms with Gasteiger partial charge in [-0.2, -0.15) is 5.10 Å². The fourth-order valence-electron chi connectivity index (χ4n) is 1.86. The van der Waals surface area contributed by atoms with Crippen LogP contribution in [0.1, 0.15) is 45.3 Å². The van der Waals surface area contributed by atoms with E-state index in [-0.39, 0.29) is 0 Å². The van der Waals surface area contributed by atoms with Gasteiger partial charge in [-0.05, 0) is 25.8 Å². The van der Waals surface area contributed by atoms with Gasteiger partial charge in [-0.15, -0.1) is 0 Å². The lowest BCUT2D eigenvalue weighted by Gasteiger charge is -2.09.